The predicted octanol–water partition coefficient (Wildman–Crippen LogP) is 3.05. The summed E-state index contributed by atoms with van der Waals surface area (Å²) >= 11 is 5.72. The van der Waals surface area contributed by atoms with Crippen LogP contribution in [0.25, 0.3) is 0 Å². The molecule has 3 nitrogen and oxygen atoms in total. The molecule has 0 atom stereocenters. The molecule has 0 aliphatic heterocycles. The molecule has 0 unspecified atom stereocenters. The van der Waals surface area contributed by atoms with Crippen LogP contribution in [-0.4, -0.2) is 19.2 Å². The number of benzene rings is 1. The summed E-state index contributed by atoms with van der Waals surface area (Å²) in [4.78, 5) is 11.2. The van der Waals surface area contributed by atoms with Gasteiger partial charge < -0.3 is 9.47 Å². The van der Waals surface area contributed by atoms with Crippen molar-refractivity contribution in [1.82, 2.24) is 0 Å². The summed E-state index contributed by atoms with van der Waals surface area (Å²) in [5.74, 6) is -0.514. The van der Waals surface area contributed by atoms with Crippen molar-refractivity contribution in [3.05, 3.63) is 28.8 Å². The van der Waals surface area contributed by atoms with Crippen LogP contribution in [0.4, 0.5) is 8.78 Å². The van der Waals surface area contributed by atoms with Crippen molar-refractivity contribution in [2.75, 3.05) is 6.61 Å². The van der Waals surface area contributed by atoms with E-state index in [2.05, 4.69) is 4.74 Å². The van der Waals surface area contributed by atoms with Gasteiger partial charge in [-0.25, -0.2) is 0 Å². The number of carbonyl (C=O) groups excluding carboxylic acids is 1. The number of hydrogen-bond acceptors (Lipinski definition) is 3. The van der Waals surface area contributed by atoms with E-state index in [0.717, 1.165) is 0 Å². The van der Waals surface area contributed by atoms with Crippen LogP contribution in [0.3, 0.4) is 0 Å². The van der Waals surface area contributed by atoms with E-state index in [1.165, 1.54) is 18.2 Å². The van der Waals surface area contributed by atoms with E-state index in [4.69, 9.17) is 16.3 Å². The summed E-state index contributed by atoms with van der Waals surface area (Å²) in [5.41, 5.74) is 0.579. The Balaban J connectivity index is 2.71. The molecule has 1 rings (SSSR count). The quantitative estimate of drug-likeness (QED) is 0.767. The molecule has 0 amide bonds. The minimum absolute atomic E-state index is 0.0344. The van der Waals surface area contributed by atoms with Crippen molar-refractivity contribution < 1.29 is 23.0 Å². The lowest BCUT2D eigenvalue weighted by Crippen LogP contribution is -2.08. The van der Waals surface area contributed by atoms with Gasteiger partial charge in [-0.2, -0.15) is 8.78 Å². The number of alkyl halides is 2. The Kier molecular flexibility index (Phi) is 5.15. The van der Waals surface area contributed by atoms with E-state index in [0.29, 0.717) is 12.2 Å². The van der Waals surface area contributed by atoms with Gasteiger partial charge in [-0.1, -0.05) is 17.7 Å². The average Bonchev–Trinajstić information content (AvgIpc) is 2.22. The van der Waals surface area contributed by atoms with Crippen LogP contribution in [0.1, 0.15) is 12.5 Å². The van der Waals surface area contributed by atoms with Crippen LogP contribution in [0, 0.1) is 0 Å². The first-order chi connectivity index (χ1) is 8.02. The second-order valence-electron chi connectivity index (χ2n) is 3.13. The average molecular weight is 265 g/mol. The zero-order valence-electron chi connectivity index (χ0n) is 9.08. The fraction of sp³-hybridized carbons (Fsp3) is 0.364. The molecule has 0 bridgehead atoms. The summed E-state index contributed by atoms with van der Waals surface area (Å²) in [6.07, 6.45) is 0.0442. The first-order valence-corrected chi connectivity index (χ1v) is 5.29. The highest BCUT2D eigenvalue weighted by molar-refractivity contribution is 6.32. The molecule has 1 aromatic rings. The Morgan fingerprint density at radius 3 is 2.71 bits per heavy atom. The highest BCUT2D eigenvalue weighted by Gasteiger charge is 2.10. The Morgan fingerprint density at radius 1 is 1.47 bits per heavy atom. The summed E-state index contributed by atoms with van der Waals surface area (Å²) in [5, 5.41) is 0.0344. The zero-order valence-corrected chi connectivity index (χ0v) is 9.84. The van der Waals surface area contributed by atoms with Crippen molar-refractivity contribution >= 4 is 17.6 Å². The molecular formula is C11H11ClF2O3. The Labute approximate surface area is 102 Å². The van der Waals surface area contributed by atoms with Gasteiger partial charge in [-0.05, 0) is 24.6 Å². The molecule has 0 fully saturated rings. The molecule has 0 spiro atoms. The third-order valence-electron chi connectivity index (χ3n) is 1.87. The maximum Gasteiger partial charge on any atom is 0.387 e. The van der Waals surface area contributed by atoms with Crippen molar-refractivity contribution in [2.24, 2.45) is 0 Å². The molecule has 94 valence electrons. The summed E-state index contributed by atoms with van der Waals surface area (Å²) in [7, 11) is 0. The normalized spacial score (nSPS) is 10.4. The molecule has 0 aromatic heterocycles. The molecule has 0 saturated heterocycles. The van der Waals surface area contributed by atoms with Crippen LogP contribution >= 0.6 is 11.6 Å². The molecular weight excluding hydrogens is 254 g/mol. The van der Waals surface area contributed by atoms with Gasteiger partial charge in [0.05, 0.1) is 18.1 Å². The molecule has 1 aromatic carbocycles. The molecule has 0 radical (unpaired) electrons. The van der Waals surface area contributed by atoms with Crippen LogP contribution in [0.5, 0.6) is 5.75 Å². The largest absolute Gasteiger partial charge is 0.466 e. The van der Waals surface area contributed by atoms with Crippen LogP contribution in [0.15, 0.2) is 18.2 Å². The summed E-state index contributed by atoms with van der Waals surface area (Å²) in [6.45, 7) is -0.938. The molecule has 0 heterocycles. The Bertz CT molecular complexity index is 396. The molecule has 6 heteroatoms. The van der Waals surface area contributed by atoms with Gasteiger partial charge in [0, 0.05) is 0 Å². The summed E-state index contributed by atoms with van der Waals surface area (Å²) < 4.78 is 32.8. The third kappa shape index (κ3) is 4.56. The predicted molar refractivity (Wildman–Crippen MR) is 58.4 cm³/mol. The summed E-state index contributed by atoms with van der Waals surface area (Å²) in [6, 6.07) is 4.18. The number of carbonyl (C=O) groups is 1. The van der Waals surface area contributed by atoms with Gasteiger partial charge in [0.15, 0.2) is 0 Å². The number of ether oxygens (including phenoxy) is 2. The topological polar surface area (TPSA) is 35.5 Å². The number of hydrogen-bond donors (Lipinski definition) is 0. The van der Waals surface area contributed by atoms with Crippen LogP contribution < -0.4 is 4.74 Å². The van der Waals surface area contributed by atoms with E-state index in [9.17, 15) is 13.6 Å². The van der Waals surface area contributed by atoms with E-state index in [1.54, 1.807) is 6.92 Å². The minimum atomic E-state index is -2.93. The van der Waals surface area contributed by atoms with Crippen LogP contribution in [-0.2, 0) is 16.0 Å². The third-order valence-corrected chi connectivity index (χ3v) is 2.16. The van der Waals surface area contributed by atoms with E-state index < -0.39 is 12.6 Å². The number of halogens is 3. The maximum atomic E-state index is 12.0. The fourth-order valence-electron chi connectivity index (χ4n) is 1.22. The smallest absolute Gasteiger partial charge is 0.387 e. The highest BCUT2D eigenvalue weighted by Crippen LogP contribution is 2.27. The lowest BCUT2D eigenvalue weighted by molar-refractivity contribution is -0.142. The Hall–Kier alpha value is -1.36. The maximum absolute atomic E-state index is 12.0. The molecule has 17 heavy (non-hydrogen) atoms. The molecule has 0 N–H and O–H groups in total. The van der Waals surface area contributed by atoms with Gasteiger partial charge in [0.25, 0.3) is 0 Å². The van der Waals surface area contributed by atoms with Gasteiger partial charge in [0.1, 0.15) is 5.75 Å². The molecule has 0 saturated carbocycles. The van der Waals surface area contributed by atoms with E-state index in [1.807, 2.05) is 0 Å². The van der Waals surface area contributed by atoms with Crippen molar-refractivity contribution in [2.45, 2.75) is 20.0 Å². The minimum Gasteiger partial charge on any atom is -0.466 e. The Morgan fingerprint density at radius 2 is 2.18 bits per heavy atom. The first kappa shape index (κ1) is 13.7. The first-order valence-electron chi connectivity index (χ1n) is 4.91. The lowest BCUT2D eigenvalue weighted by Gasteiger charge is -2.08. The van der Waals surface area contributed by atoms with E-state index >= 15 is 0 Å². The standard InChI is InChI=1S/C11H11ClF2O3/c1-2-16-10(15)6-7-3-4-9(8(12)5-7)17-11(13)14/h3-5,11H,2,6H2,1H3. The zero-order chi connectivity index (χ0) is 12.8. The number of esters is 1. The van der Waals surface area contributed by atoms with Gasteiger partial charge in [0.2, 0.25) is 0 Å². The fourth-order valence-corrected chi connectivity index (χ4v) is 1.47. The second-order valence-corrected chi connectivity index (χ2v) is 3.53. The van der Waals surface area contributed by atoms with Crippen molar-refractivity contribution in [3.63, 3.8) is 0 Å². The molecule has 0 aliphatic rings. The van der Waals surface area contributed by atoms with Gasteiger partial charge in [-0.3, -0.25) is 4.79 Å². The van der Waals surface area contributed by atoms with Crippen LogP contribution in [0.2, 0.25) is 5.02 Å². The number of rotatable bonds is 5. The van der Waals surface area contributed by atoms with E-state index in [-0.39, 0.29) is 17.2 Å². The van der Waals surface area contributed by atoms with Crippen molar-refractivity contribution in [3.8, 4) is 5.75 Å². The molecule has 0 aliphatic carbocycles. The lowest BCUT2D eigenvalue weighted by atomic mass is 10.1. The SMILES string of the molecule is CCOC(=O)Cc1ccc(OC(F)F)c(Cl)c1. The van der Waals surface area contributed by atoms with Gasteiger partial charge >= 0.3 is 12.6 Å². The second kappa shape index (κ2) is 6.39. The van der Waals surface area contributed by atoms with Gasteiger partial charge in [-0.15, -0.1) is 0 Å². The highest BCUT2D eigenvalue weighted by atomic mass is 35.5. The monoisotopic (exact) mass is 264 g/mol. The van der Waals surface area contributed by atoms with Crippen molar-refractivity contribution in [1.29, 1.82) is 0 Å².